The number of rotatable bonds is 7. The molecule has 0 saturated heterocycles. The molecule has 1 saturated carbocycles. The first kappa shape index (κ1) is 17.7. The quantitative estimate of drug-likeness (QED) is 0.811. The molecule has 1 aliphatic rings. The monoisotopic (exact) mass is 319 g/mol. The lowest BCUT2D eigenvalue weighted by Gasteiger charge is -2.26. The third-order valence-electron chi connectivity index (χ3n) is 4.52. The molecule has 2 rings (SSSR count). The van der Waals surface area contributed by atoms with Gasteiger partial charge in [-0.3, -0.25) is 4.79 Å². The Morgan fingerprint density at radius 2 is 2.22 bits per heavy atom. The fourth-order valence-corrected chi connectivity index (χ4v) is 3.20. The minimum absolute atomic E-state index is 0.0809. The van der Waals surface area contributed by atoms with Crippen molar-refractivity contribution in [3.63, 3.8) is 0 Å². The topological polar surface area (TPSA) is 65.5 Å². The molecule has 128 valence electrons. The molecule has 0 spiro atoms. The number of aromatic nitrogens is 1. The van der Waals surface area contributed by atoms with Crippen molar-refractivity contribution in [1.29, 1.82) is 0 Å². The largest absolute Gasteiger partial charge is 0.393 e. The number of pyridine rings is 1. The third-order valence-corrected chi connectivity index (χ3v) is 4.52. The summed E-state index contributed by atoms with van der Waals surface area (Å²) in [5, 5.41) is 12.7. The number of carbonyl (C=O) groups excluding carboxylic acids is 1. The van der Waals surface area contributed by atoms with Gasteiger partial charge < -0.3 is 15.3 Å². The molecule has 1 fully saturated rings. The number of nitrogens with one attached hydrogen (secondary N) is 1. The maximum atomic E-state index is 12.2. The normalized spacial score (nSPS) is 21.0. The molecule has 0 aromatic carbocycles. The van der Waals surface area contributed by atoms with Gasteiger partial charge in [0.25, 0.3) is 5.91 Å². The van der Waals surface area contributed by atoms with Gasteiger partial charge in [-0.25, -0.2) is 4.98 Å². The SMILES string of the molecule is CCCN(CC)c1ccc(C(=O)NCC2CCCC(O)C2)cn1. The first-order valence-corrected chi connectivity index (χ1v) is 8.81. The maximum absolute atomic E-state index is 12.2. The van der Waals surface area contributed by atoms with E-state index in [1.54, 1.807) is 6.20 Å². The van der Waals surface area contributed by atoms with E-state index in [0.29, 0.717) is 18.0 Å². The summed E-state index contributed by atoms with van der Waals surface area (Å²) in [6.07, 6.45) is 6.33. The Labute approximate surface area is 139 Å². The van der Waals surface area contributed by atoms with Gasteiger partial charge in [-0.2, -0.15) is 0 Å². The molecule has 2 atom stereocenters. The van der Waals surface area contributed by atoms with Gasteiger partial charge in [-0.15, -0.1) is 0 Å². The molecule has 1 aromatic heterocycles. The zero-order valence-electron chi connectivity index (χ0n) is 14.3. The molecule has 1 aromatic rings. The lowest BCUT2D eigenvalue weighted by molar-refractivity contribution is 0.0873. The van der Waals surface area contributed by atoms with Crippen LogP contribution in [0.25, 0.3) is 0 Å². The van der Waals surface area contributed by atoms with E-state index < -0.39 is 0 Å². The number of carbonyl (C=O) groups is 1. The smallest absolute Gasteiger partial charge is 0.252 e. The second-order valence-electron chi connectivity index (χ2n) is 6.38. The summed E-state index contributed by atoms with van der Waals surface area (Å²) in [5.41, 5.74) is 0.595. The Bertz CT molecular complexity index is 490. The fourth-order valence-electron chi connectivity index (χ4n) is 3.20. The van der Waals surface area contributed by atoms with Crippen LogP contribution in [0.15, 0.2) is 18.3 Å². The number of aliphatic hydroxyl groups excluding tert-OH is 1. The van der Waals surface area contributed by atoms with Crippen molar-refractivity contribution in [2.24, 2.45) is 5.92 Å². The fraction of sp³-hybridized carbons (Fsp3) is 0.667. The first-order valence-electron chi connectivity index (χ1n) is 8.81. The summed E-state index contributed by atoms with van der Waals surface area (Å²) in [4.78, 5) is 18.8. The molecule has 2 unspecified atom stereocenters. The van der Waals surface area contributed by atoms with Crippen molar-refractivity contribution < 1.29 is 9.90 Å². The van der Waals surface area contributed by atoms with Crippen molar-refractivity contribution in [2.45, 2.75) is 52.1 Å². The van der Waals surface area contributed by atoms with Crippen molar-refractivity contribution in [2.75, 3.05) is 24.5 Å². The highest BCUT2D eigenvalue weighted by molar-refractivity contribution is 5.94. The molecule has 2 N–H and O–H groups in total. The van der Waals surface area contributed by atoms with E-state index in [4.69, 9.17) is 0 Å². The van der Waals surface area contributed by atoms with Gasteiger partial charge in [0.1, 0.15) is 5.82 Å². The highest BCUT2D eigenvalue weighted by Crippen LogP contribution is 2.23. The average Bonchev–Trinajstić information content (AvgIpc) is 2.58. The van der Waals surface area contributed by atoms with Crippen molar-refractivity contribution in [1.82, 2.24) is 10.3 Å². The maximum Gasteiger partial charge on any atom is 0.252 e. The number of amides is 1. The van der Waals surface area contributed by atoms with Crippen LogP contribution in [-0.4, -0.2) is 41.7 Å². The van der Waals surface area contributed by atoms with Crippen molar-refractivity contribution in [3.05, 3.63) is 23.9 Å². The summed E-state index contributed by atoms with van der Waals surface area (Å²) in [6, 6.07) is 3.75. The molecule has 5 heteroatoms. The number of aliphatic hydroxyl groups is 1. The Morgan fingerprint density at radius 1 is 1.39 bits per heavy atom. The average molecular weight is 319 g/mol. The van der Waals surface area contributed by atoms with Gasteiger partial charge in [-0.1, -0.05) is 13.3 Å². The Morgan fingerprint density at radius 3 is 2.83 bits per heavy atom. The van der Waals surface area contributed by atoms with E-state index in [1.807, 2.05) is 12.1 Å². The second kappa shape index (κ2) is 8.87. The minimum Gasteiger partial charge on any atom is -0.393 e. The predicted molar refractivity (Wildman–Crippen MR) is 92.7 cm³/mol. The highest BCUT2D eigenvalue weighted by atomic mass is 16.3. The van der Waals surface area contributed by atoms with Gasteiger partial charge in [0, 0.05) is 25.8 Å². The number of anilines is 1. The summed E-state index contributed by atoms with van der Waals surface area (Å²) in [7, 11) is 0. The second-order valence-corrected chi connectivity index (χ2v) is 6.38. The Balaban J connectivity index is 1.87. The van der Waals surface area contributed by atoms with Gasteiger partial charge >= 0.3 is 0 Å². The number of nitrogens with zero attached hydrogens (tertiary/aromatic N) is 2. The Hall–Kier alpha value is -1.62. The molecular weight excluding hydrogens is 290 g/mol. The van der Waals surface area contributed by atoms with E-state index in [9.17, 15) is 9.90 Å². The van der Waals surface area contributed by atoms with Crippen molar-refractivity contribution in [3.8, 4) is 0 Å². The van der Waals surface area contributed by atoms with Crippen LogP contribution in [0.5, 0.6) is 0 Å². The van der Waals surface area contributed by atoms with Gasteiger partial charge in [-0.05, 0) is 50.7 Å². The van der Waals surface area contributed by atoms with E-state index in [-0.39, 0.29) is 12.0 Å². The number of hydrogen-bond donors (Lipinski definition) is 2. The predicted octanol–water partition coefficient (Wildman–Crippen LogP) is 2.60. The Kier molecular flexibility index (Phi) is 6.84. The van der Waals surface area contributed by atoms with E-state index in [0.717, 1.165) is 51.0 Å². The van der Waals surface area contributed by atoms with Crippen LogP contribution >= 0.6 is 0 Å². The summed E-state index contributed by atoms with van der Waals surface area (Å²) in [6.45, 7) is 6.77. The van der Waals surface area contributed by atoms with E-state index >= 15 is 0 Å². The first-order chi connectivity index (χ1) is 11.1. The summed E-state index contributed by atoms with van der Waals surface area (Å²) >= 11 is 0. The lowest BCUT2D eigenvalue weighted by atomic mass is 9.87. The molecule has 1 aliphatic carbocycles. The zero-order chi connectivity index (χ0) is 16.7. The molecule has 1 heterocycles. The summed E-state index contributed by atoms with van der Waals surface area (Å²) in [5.74, 6) is 1.22. The van der Waals surface area contributed by atoms with Crippen LogP contribution in [0.1, 0.15) is 56.3 Å². The lowest BCUT2D eigenvalue weighted by Crippen LogP contribution is -2.33. The standard InChI is InChI=1S/C18H29N3O2/c1-3-10-21(4-2)17-9-8-15(13-19-17)18(23)20-12-14-6-5-7-16(22)11-14/h8-9,13-14,16,22H,3-7,10-12H2,1-2H3,(H,20,23). The highest BCUT2D eigenvalue weighted by Gasteiger charge is 2.20. The third kappa shape index (κ3) is 5.20. The van der Waals surface area contributed by atoms with Crippen LogP contribution in [0.3, 0.4) is 0 Å². The van der Waals surface area contributed by atoms with Crippen LogP contribution in [0, 0.1) is 5.92 Å². The van der Waals surface area contributed by atoms with Crippen molar-refractivity contribution >= 4 is 11.7 Å². The molecule has 5 nitrogen and oxygen atoms in total. The van der Waals surface area contributed by atoms with Gasteiger partial charge in [0.2, 0.25) is 0 Å². The molecule has 23 heavy (non-hydrogen) atoms. The zero-order valence-corrected chi connectivity index (χ0v) is 14.3. The molecule has 1 amide bonds. The minimum atomic E-state index is -0.204. The van der Waals surface area contributed by atoms with Gasteiger partial charge in [0.05, 0.1) is 11.7 Å². The van der Waals surface area contributed by atoms with Gasteiger partial charge in [0.15, 0.2) is 0 Å². The van der Waals surface area contributed by atoms with Crippen LogP contribution in [0.2, 0.25) is 0 Å². The van der Waals surface area contributed by atoms with Crippen LogP contribution < -0.4 is 10.2 Å². The molecule has 0 aliphatic heterocycles. The van der Waals surface area contributed by atoms with E-state index in [2.05, 4.69) is 29.0 Å². The summed E-state index contributed by atoms with van der Waals surface area (Å²) < 4.78 is 0. The van der Waals surface area contributed by atoms with Crippen LogP contribution in [0.4, 0.5) is 5.82 Å². The molecule has 0 bridgehead atoms. The molecular formula is C18H29N3O2. The number of hydrogen-bond acceptors (Lipinski definition) is 4. The molecule has 0 radical (unpaired) electrons. The van der Waals surface area contributed by atoms with Crippen LogP contribution in [-0.2, 0) is 0 Å². The van der Waals surface area contributed by atoms with E-state index in [1.165, 1.54) is 0 Å².